The third kappa shape index (κ3) is 7.22. The molecule has 3 N–H and O–H groups in total. The molecule has 264 valence electrons. The van der Waals surface area contributed by atoms with Gasteiger partial charge < -0.3 is 24.8 Å². The van der Waals surface area contributed by atoms with E-state index in [4.69, 9.17) is 21.1 Å². The van der Waals surface area contributed by atoms with Gasteiger partial charge in [0.15, 0.2) is 0 Å². The lowest BCUT2D eigenvalue weighted by Crippen LogP contribution is -2.51. The Kier molecular flexibility index (Phi) is 9.73. The van der Waals surface area contributed by atoms with E-state index < -0.39 is 28.0 Å². The number of benzene rings is 2. The summed E-state index contributed by atoms with van der Waals surface area (Å²) in [6, 6.07) is 10.7. The number of hydrogen-bond donors (Lipinski definition) is 3. The van der Waals surface area contributed by atoms with Crippen molar-refractivity contribution in [3.8, 4) is 5.75 Å². The van der Waals surface area contributed by atoms with E-state index in [1.807, 2.05) is 25.1 Å². The lowest BCUT2D eigenvalue weighted by Gasteiger charge is -2.46. The Bertz CT molecular complexity index is 1750. The molecule has 2 heterocycles. The second-order valence-electron chi connectivity index (χ2n) is 14.9. The lowest BCUT2D eigenvalue weighted by atomic mass is 9.68. The van der Waals surface area contributed by atoms with Crippen LogP contribution in [0, 0.1) is 17.8 Å². The van der Waals surface area contributed by atoms with Gasteiger partial charge in [-0.1, -0.05) is 36.7 Å². The molecule has 2 aromatic carbocycles. The summed E-state index contributed by atoms with van der Waals surface area (Å²) in [5.74, 6) is 0.626. The van der Waals surface area contributed by atoms with Gasteiger partial charge in [0.05, 0.1) is 30.3 Å². The summed E-state index contributed by atoms with van der Waals surface area (Å²) in [5.41, 5.74) is 3.38. The van der Waals surface area contributed by atoms with Crippen LogP contribution >= 0.6 is 11.6 Å². The molecule has 2 saturated carbocycles. The molecule has 7 rings (SSSR count). The molecular weight excluding hydrogens is 664 g/mol. The summed E-state index contributed by atoms with van der Waals surface area (Å²) in [4.78, 5) is 29.2. The minimum Gasteiger partial charge on any atom is -0.490 e. The quantitative estimate of drug-likeness (QED) is 0.344. The molecule has 3 aliphatic carbocycles. The van der Waals surface area contributed by atoms with Gasteiger partial charge in [0.1, 0.15) is 15.7 Å². The Morgan fingerprint density at radius 2 is 2.04 bits per heavy atom. The Morgan fingerprint density at radius 1 is 1.20 bits per heavy atom. The van der Waals surface area contributed by atoms with Gasteiger partial charge >= 0.3 is 6.03 Å². The van der Waals surface area contributed by atoms with Gasteiger partial charge in [-0.3, -0.25) is 9.52 Å². The summed E-state index contributed by atoms with van der Waals surface area (Å²) < 4.78 is 33.7. The highest BCUT2D eigenvalue weighted by atomic mass is 35.5. The van der Waals surface area contributed by atoms with Crippen LogP contribution in [0.15, 0.2) is 52.9 Å². The Morgan fingerprint density at radius 3 is 2.80 bits per heavy atom. The number of rotatable bonds is 3. The first kappa shape index (κ1) is 34.3. The molecule has 6 atom stereocenters. The molecule has 1 unspecified atom stereocenters. The highest BCUT2D eigenvalue weighted by Gasteiger charge is 2.44. The number of aliphatic hydroxyl groups is 1. The fourth-order valence-electron chi connectivity index (χ4n) is 8.43. The lowest BCUT2D eigenvalue weighted by molar-refractivity contribution is 0.0131. The summed E-state index contributed by atoms with van der Waals surface area (Å²) in [7, 11) is -1.75. The van der Waals surface area contributed by atoms with Crippen molar-refractivity contribution < 1.29 is 28.4 Å². The minimum atomic E-state index is -3.51. The van der Waals surface area contributed by atoms with Gasteiger partial charge in [0.25, 0.3) is 5.91 Å². The van der Waals surface area contributed by atoms with Gasteiger partial charge in [-0.25, -0.2) is 9.00 Å². The summed E-state index contributed by atoms with van der Waals surface area (Å²) >= 11 is 6.44. The maximum absolute atomic E-state index is 14.3. The monoisotopic (exact) mass is 710 g/mol. The molecule has 0 aromatic heterocycles. The van der Waals surface area contributed by atoms with Crippen LogP contribution in [-0.4, -0.2) is 72.1 Å². The van der Waals surface area contributed by atoms with Crippen molar-refractivity contribution in [1.29, 1.82) is 0 Å². The molecule has 1 spiro atoms. The molecule has 2 bridgehead atoms. The van der Waals surface area contributed by atoms with Crippen molar-refractivity contribution in [3.63, 3.8) is 0 Å². The highest BCUT2D eigenvalue weighted by molar-refractivity contribution is 7.92. The number of aliphatic hydroxyl groups excluding tert-OH is 1. The average molecular weight is 711 g/mol. The number of hydrogen-bond acceptors (Lipinski definition) is 7. The van der Waals surface area contributed by atoms with E-state index >= 15 is 0 Å². The maximum Gasteiger partial charge on any atom is 0.327 e. The molecule has 2 fully saturated rings. The molecule has 2 aromatic rings. The van der Waals surface area contributed by atoms with Gasteiger partial charge in [0.2, 0.25) is 0 Å². The number of ether oxygens (including phenoxy) is 2. The number of urea groups is 1. The number of amides is 3. The van der Waals surface area contributed by atoms with E-state index in [1.165, 1.54) is 11.1 Å². The van der Waals surface area contributed by atoms with E-state index in [9.17, 15) is 18.9 Å². The number of anilines is 1. The van der Waals surface area contributed by atoms with Gasteiger partial charge in [-0.05, 0) is 111 Å². The van der Waals surface area contributed by atoms with Crippen molar-refractivity contribution in [3.05, 3.63) is 70.3 Å². The number of methoxy groups -OCH3 is 1. The predicted molar refractivity (Wildman–Crippen MR) is 191 cm³/mol. The summed E-state index contributed by atoms with van der Waals surface area (Å²) in [6.07, 6.45) is 10.3. The number of fused-ring (bicyclic) bond motifs is 4. The van der Waals surface area contributed by atoms with E-state index in [0.717, 1.165) is 49.4 Å². The number of carbonyl (C=O) groups excluding carboxylic acids is 2. The van der Waals surface area contributed by atoms with Crippen molar-refractivity contribution in [1.82, 2.24) is 10.0 Å². The zero-order valence-corrected chi connectivity index (χ0v) is 29.8. The number of nitrogens with one attached hydrogen (secondary N) is 2. The third-order valence-corrected chi connectivity index (χ3v) is 13.4. The molecular formula is C37H47ClN4O6S. The smallest absolute Gasteiger partial charge is 0.327 e. The van der Waals surface area contributed by atoms with Crippen LogP contribution in [0.4, 0.5) is 10.5 Å². The van der Waals surface area contributed by atoms with Gasteiger partial charge in [0, 0.05) is 42.2 Å². The predicted octanol–water partition coefficient (Wildman–Crippen LogP) is 5.80. The maximum atomic E-state index is 14.3. The van der Waals surface area contributed by atoms with Crippen molar-refractivity contribution >= 4 is 39.1 Å². The summed E-state index contributed by atoms with van der Waals surface area (Å²) in [5, 5.41) is 13.1. The van der Waals surface area contributed by atoms with Crippen molar-refractivity contribution in [2.45, 2.75) is 82.0 Å². The molecule has 12 heteroatoms. The van der Waals surface area contributed by atoms with Crippen molar-refractivity contribution in [2.24, 2.45) is 22.1 Å². The second-order valence-corrected chi connectivity index (χ2v) is 17.3. The topological polar surface area (TPSA) is 130 Å². The highest BCUT2D eigenvalue weighted by Crippen LogP contribution is 2.47. The molecule has 0 saturated heterocycles. The summed E-state index contributed by atoms with van der Waals surface area (Å²) in [6.45, 7) is 3.93. The molecule has 5 aliphatic rings. The minimum absolute atomic E-state index is 0.000381. The van der Waals surface area contributed by atoms with Gasteiger partial charge in [-0.2, -0.15) is 0 Å². The van der Waals surface area contributed by atoms with Crippen LogP contribution in [0.1, 0.15) is 73.4 Å². The standard InChI is InChI=1S/C37H47ClN4O6S/c1-23-5-3-7-33(47-2)30-11-8-26(30)19-42-21-37(14-4-6-24-15-27(38)10-12-31(24)37)22-48-34-13-9-25(16-32(34)42)35(44)40-49(46,20-23)41-36(45)39-28-17-29(43)18-28/h3,7,9-10,12-13,15-16,23,26,28-30,33,43H,4-6,8,11,14,17-22H2,1-2H3,(H2,39,40,41,44,45,46)/b7-3-/t23-,26-,28?,29?,30+,33-,37-,49?/m0/s1. The SMILES string of the molecule is CO[C@H]1/C=C\C[C@H](C)CS(=O)(NC(=O)NC2CC(O)C2)=NC(=O)c2ccc3c(c2)N(C[C@@H]2CC[C@H]21)C[C@@]1(CCCc2cc(Cl)ccc21)CO3. The first-order valence-corrected chi connectivity index (χ1v) is 19.6. The van der Waals surface area contributed by atoms with Crippen LogP contribution in [0.5, 0.6) is 5.75 Å². The Labute approximate surface area is 294 Å². The molecule has 2 aliphatic heterocycles. The number of allylic oxidation sites excluding steroid dienone is 1. The number of halogens is 1. The first-order valence-electron chi connectivity index (χ1n) is 17.6. The van der Waals surface area contributed by atoms with Crippen LogP contribution in [0.2, 0.25) is 5.02 Å². The normalized spacial score (nSPS) is 34.9. The fraction of sp³-hybridized carbons (Fsp3) is 0.568. The van der Waals surface area contributed by atoms with Crippen molar-refractivity contribution in [2.75, 3.05) is 37.5 Å². The van der Waals surface area contributed by atoms with Crippen LogP contribution in [0.3, 0.4) is 0 Å². The third-order valence-electron chi connectivity index (χ3n) is 11.2. The fourth-order valence-corrected chi connectivity index (χ4v) is 10.5. The zero-order valence-electron chi connectivity index (χ0n) is 28.2. The largest absolute Gasteiger partial charge is 0.490 e. The zero-order chi connectivity index (χ0) is 34.3. The molecule has 3 amide bonds. The van der Waals surface area contributed by atoms with Crippen LogP contribution in [0.25, 0.3) is 0 Å². The number of carbonyl (C=O) groups is 2. The van der Waals surface area contributed by atoms with Gasteiger partial charge in [-0.15, -0.1) is 4.36 Å². The number of nitrogens with zero attached hydrogens (tertiary/aromatic N) is 2. The Balaban J connectivity index is 1.27. The number of aryl methyl sites for hydroxylation is 1. The average Bonchev–Trinajstić information content (AvgIpc) is 3.17. The second kappa shape index (κ2) is 13.9. The molecule has 0 radical (unpaired) electrons. The van der Waals surface area contributed by atoms with E-state index in [2.05, 4.69) is 43.6 Å². The molecule has 49 heavy (non-hydrogen) atoms. The molecule has 10 nitrogen and oxygen atoms in total. The van der Waals surface area contributed by atoms with E-state index in [-0.39, 0.29) is 34.8 Å². The van der Waals surface area contributed by atoms with E-state index in [1.54, 1.807) is 13.2 Å². The van der Waals surface area contributed by atoms with Crippen LogP contribution in [-0.2, 0) is 26.5 Å². The Hall–Kier alpha value is -3.12. The first-order chi connectivity index (χ1) is 23.5. The van der Waals surface area contributed by atoms with E-state index in [0.29, 0.717) is 50.0 Å². The van der Waals surface area contributed by atoms with Crippen LogP contribution < -0.4 is 19.7 Å².